The maximum Gasteiger partial charge on any atom is 0.0590 e. The highest BCUT2D eigenvalue weighted by Crippen LogP contribution is 2.34. The molecule has 1 heterocycles. The molecule has 0 bridgehead atoms. The van der Waals surface area contributed by atoms with Gasteiger partial charge in [0.15, 0.2) is 0 Å². The molecule has 2 atom stereocenters. The molecule has 1 saturated carbocycles. The zero-order chi connectivity index (χ0) is 13.5. The predicted octanol–water partition coefficient (Wildman–Crippen LogP) is 4.14. The van der Waals surface area contributed by atoms with Crippen LogP contribution in [0.5, 0.6) is 0 Å². The summed E-state index contributed by atoms with van der Waals surface area (Å²) < 4.78 is 5.86. The highest BCUT2D eigenvalue weighted by Gasteiger charge is 2.29. The van der Waals surface area contributed by atoms with E-state index >= 15 is 0 Å². The van der Waals surface area contributed by atoms with Crippen molar-refractivity contribution in [3.63, 3.8) is 0 Å². The van der Waals surface area contributed by atoms with Crippen molar-refractivity contribution in [1.29, 1.82) is 0 Å². The lowest BCUT2D eigenvalue weighted by Crippen LogP contribution is -2.40. The Bertz CT molecular complexity index is 229. The molecule has 2 nitrogen and oxygen atoms in total. The monoisotopic (exact) mass is 267 g/mol. The second-order valence-electron chi connectivity index (χ2n) is 6.62. The lowest BCUT2D eigenvalue weighted by Gasteiger charge is -2.35. The van der Waals surface area contributed by atoms with Gasteiger partial charge >= 0.3 is 0 Å². The van der Waals surface area contributed by atoms with E-state index in [0.29, 0.717) is 12.1 Å². The predicted molar refractivity (Wildman–Crippen MR) is 81.4 cm³/mol. The fourth-order valence-corrected chi connectivity index (χ4v) is 3.88. The molecule has 0 spiro atoms. The molecule has 2 rings (SSSR count). The highest BCUT2D eigenvalue weighted by molar-refractivity contribution is 4.84. The van der Waals surface area contributed by atoms with Gasteiger partial charge in [-0.15, -0.1) is 0 Å². The van der Waals surface area contributed by atoms with Crippen LogP contribution in [0.25, 0.3) is 0 Å². The quantitative estimate of drug-likeness (QED) is 0.748. The summed E-state index contributed by atoms with van der Waals surface area (Å²) in [4.78, 5) is 0. The lowest BCUT2D eigenvalue weighted by molar-refractivity contribution is 0.0801. The van der Waals surface area contributed by atoms with Crippen LogP contribution in [0.3, 0.4) is 0 Å². The Labute approximate surface area is 119 Å². The first-order valence-electron chi connectivity index (χ1n) is 8.68. The first-order chi connectivity index (χ1) is 9.33. The summed E-state index contributed by atoms with van der Waals surface area (Å²) in [7, 11) is 0. The van der Waals surface area contributed by atoms with Crippen molar-refractivity contribution < 1.29 is 4.74 Å². The summed E-state index contributed by atoms with van der Waals surface area (Å²) in [6, 6.07) is 0.709. The summed E-state index contributed by atoms with van der Waals surface area (Å²) in [5.74, 6) is 1.91. The van der Waals surface area contributed by atoms with E-state index in [1.807, 2.05) is 0 Å². The number of hydrogen-bond acceptors (Lipinski definition) is 2. The summed E-state index contributed by atoms with van der Waals surface area (Å²) in [6.07, 6.45) is 12.8. The summed E-state index contributed by atoms with van der Waals surface area (Å²) in [5, 5.41) is 3.82. The minimum atomic E-state index is 0.540. The Kier molecular flexibility index (Phi) is 6.66. The van der Waals surface area contributed by atoms with E-state index in [0.717, 1.165) is 18.4 Å². The molecule has 2 unspecified atom stereocenters. The molecule has 2 aliphatic rings. The van der Waals surface area contributed by atoms with E-state index in [4.69, 9.17) is 4.74 Å². The zero-order valence-electron chi connectivity index (χ0n) is 13.0. The van der Waals surface area contributed by atoms with E-state index in [1.54, 1.807) is 0 Å². The van der Waals surface area contributed by atoms with Gasteiger partial charge in [-0.05, 0) is 56.9 Å². The van der Waals surface area contributed by atoms with Crippen molar-refractivity contribution >= 4 is 0 Å². The Morgan fingerprint density at radius 1 is 1.11 bits per heavy atom. The van der Waals surface area contributed by atoms with Gasteiger partial charge in [-0.2, -0.15) is 0 Å². The van der Waals surface area contributed by atoms with Crippen molar-refractivity contribution in [2.45, 2.75) is 83.8 Å². The molecule has 1 N–H and O–H groups in total. The van der Waals surface area contributed by atoms with Crippen molar-refractivity contribution in [3.05, 3.63) is 0 Å². The van der Waals surface area contributed by atoms with Crippen LogP contribution >= 0.6 is 0 Å². The standard InChI is InChI=1S/C17H33NO/c1-3-11-18-17(13-16-6-5-12-19-16)15-9-7-14(4-2)8-10-15/h14-18H,3-13H2,1-2H3. The summed E-state index contributed by atoms with van der Waals surface area (Å²) in [6.45, 7) is 6.78. The smallest absolute Gasteiger partial charge is 0.0590 e. The third-order valence-electron chi connectivity index (χ3n) is 5.24. The van der Waals surface area contributed by atoms with E-state index in [2.05, 4.69) is 19.2 Å². The van der Waals surface area contributed by atoms with Gasteiger partial charge in [-0.25, -0.2) is 0 Å². The van der Waals surface area contributed by atoms with Gasteiger partial charge in [0.2, 0.25) is 0 Å². The topological polar surface area (TPSA) is 21.3 Å². The van der Waals surface area contributed by atoms with Crippen molar-refractivity contribution in [2.24, 2.45) is 11.8 Å². The molecular formula is C17H33NO. The SMILES string of the molecule is CCCNC(CC1CCCO1)C1CCC(CC)CC1. The van der Waals surface area contributed by atoms with Gasteiger partial charge in [0.1, 0.15) is 0 Å². The maximum absolute atomic E-state index is 5.86. The molecule has 0 amide bonds. The maximum atomic E-state index is 5.86. The van der Waals surface area contributed by atoms with E-state index in [1.165, 1.54) is 64.3 Å². The Balaban J connectivity index is 1.81. The van der Waals surface area contributed by atoms with Crippen LogP contribution < -0.4 is 5.32 Å². The van der Waals surface area contributed by atoms with Crippen LogP contribution in [-0.2, 0) is 4.74 Å². The van der Waals surface area contributed by atoms with E-state index in [-0.39, 0.29) is 0 Å². The van der Waals surface area contributed by atoms with Crippen molar-refractivity contribution in [2.75, 3.05) is 13.2 Å². The van der Waals surface area contributed by atoms with Gasteiger partial charge < -0.3 is 10.1 Å². The molecule has 19 heavy (non-hydrogen) atoms. The number of ether oxygens (including phenoxy) is 1. The van der Waals surface area contributed by atoms with Gasteiger partial charge in [0, 0.05) is 12.6 Å². The van der Waals surface area contributed by atoms with Crippen LogP contribution in [0.1, 0.15) is 71.6 Å². The van der Waals surface area contributed by atoms with Gasteiger partial charge in [-0.1, -0.05) is 33.1 Å². The van der Waals surface area contributed by atoms with E-state index in [9.17, 15) is 0 Å². The van der Waals surface area contributed by atoms with E-state index < -0.39 is 0 Å². The first-order valence-corrected chi connectivity index (χ1v) is 8.68. The van der Waals surface area contributed by atoms with Crippen LogP contribution in [0.2, 0.25) is 0 Å². The summed E-state index contributed by atoms with van der Waals surface area (Å²) >= 11 is 0. The second-order valence-corrected chi connectivity index (χ2v) is 6.62. The third-order valence-corrected chi connectivity index (χ3v) is 5.24. The molecule has 1 aliphatic carbocycles. The molecule has 1 saturated heterocycles. The normalized spacial score (nSPS) is 33.5. The van der Waals surface area contributed by atoms with Crippen LogP contribution in [0.15, 0.2) is 0 Å². The van der Waals surface area contributed by atoms with Crippen LogP contribution in [0.4, 0.5) is 0 Å². The van der Waals surface area contributed by atoms with Crippen LogP contribution in [-0.4, -0.2) is 25.3 Å². The number of rotatable bonds is 7. The van der Waals surface area contributed by atoms with Crippen molar-refractivity contribution in [1.82, 2.24) is 5.32 Å². The zero-order valence-corrected chi connectivity index (χ0v) is 13.0. The second kappa shape index (κ2) is 8.26. The molecule has 0 radical (unpaired) electrons. The van der Waals surface area contributed by atoms with Gasteiger partial charge in [-0.3, -0.25) is 0 Å². The number of nitrogens with one attached hydrogen (secondary N) is 1. The lowest BCUT2D eigenvalue weighted by atomic mass is 9.76. The third kappa shape index (κ3) is 4.75. The first kappa shape index (κ1) is 15.3. The molecule has 0 aromatic heterocycles. The minimum Gasteiger partial charge on any atom is -0.378 e. The van der Waals surface area contributed by atoms with Gasteiger partial charge in [0.25, 0.3) is 0 Å². The van der Waals surface area contributed by atoms with Crippen molar-refractivity contribution in [3.8, 4) is 0 Å². The molecule has 0 aromatic carbocycles. The molecule has 2 fully saturated rings. The molecular weight excluding hydrogens is 234 g/mol. The Hall–Kier alpha value is -0.0800. The fourth-order valence-electron chi connectivity index (χ4n) is 3.88. The minimum absolute atomic E-state index is 0.540. The fraction of sp³-hybridized carbons (Fsp3) is 1.00. The average Bonchev–Trinajstić information content (AvgIpc) is 2.96. The highest BCUT2D eigenvalue weighted by atomic mass is 16.5. The van der Waals surface area contributed by atoms with Gasteiger partial charge in [0.05, 0.1) is 6.10 Å². The largest absolute Gasteiger partial charge is 0.378 e. The average molecular weight is 267 g/mol. The Morgan fingerprint density at radius 2 is 1.89 bits per heavy atom. The molecule has 1 aliphatic heterocycles. The van der Waals surface area contributed by atoms with Crippen LogP contribution in [0, 0.1) is 11.8 Å². The Morgan fingerprint density at radius 3 is 2.47 bits per heavy atom. The molecule has 0 aromatic rings. The number of hydrogen-bond donors (Lipinski definition) is 1. The molecule has 112 valence electrons. The summed E-state index contributed by atoms with van der Waals surface area (Å²) in [5.41, 5.74) is 0. The molecule has 2 heteroatoms.